The van der Waals surface area contributed by atoms with Gasteiger partial charge in [-0.1, -0.05) is 12.1 Å². The Morgan fingerprint density at radius 2 is 1.72 bits per heavy atom. The van der Waals surface area contributed by atoms with Crippen LogP contribution in [-0.2, 0) is 10.0 Å². The van der Waals surface area contributed by atoms with Gasteiger partial charge in [-0.2, -0.15) is 0 Å². The van der Waals surface area contributed by atoms with Gasteiger partial charge in [-0.05, 0) is 63.6 Å². The van der Waals surface area contributed by atoms with E-state index in [0.29, 0.717) is 0 Å². The highest BCUT2D eigenvalue weighted by Crippen LogP contribution is 2.22. The SMILES string of the molecule is Cc1cc(S(=O)(=O)Nc2ccccc2C(=O)NC(C)(C)C)ccc1F. The van der Waals surface area contributed by atoms with Crippen LogP contribution in [0.2, 0.25) is 0 Å². The van der Waals surface area contributed by atoms with Crippen molar-refractivity contribution in [2.75, 3.05) is 4.72 Å². The second kappa shape index (κ2) is 6.84. The molecule has 25 heavy (non-hydrogen) atoms. The van der Waals surface area contributed by atoms with Crippen LogP contribution in [0, 0.1) is 12.7 Å². The predicted molar refractivity (Wildman–Crippen MR) is 95.6 cm³/mol. The van der Waals surface area contributed by atoms with Crippen LogP contribution >= 0.6 is 0 Å². The Kier molecular flexibility index (Phi) is 5.17. The molecule has 0 saturated carbocycles. The largest absolute Gasteiger partial charge is 0.347 e. The van der Waals surface area contributed by atoms with Crippen molar-refractivity contribution in [3.63, 3.8) is 0 Å². The molecule has 0 bridgehead atoms. The van der Waals surface area contributed by atoms with Crippen molar-refractivity contribution in [1.82, 2.24) is 5.32 Å². The van der Waals surface area contributed by atoms with Crippen LogP contribution in [0.3, 0.4) is 0 Å². The van der Waals surface area contributed by atoms with Crippen molar-refractivity contribution in [2.24, 2.45) is 0 Å². The van der Waals surface area contributed by atoms with E-state index in [0.717, 1.165) is 6.07 Å². The fourth-order valence-electron chi connectivity index (χ4n) is 2.17. The minimum Gasteiger partial charge on any atom is -0.347 e. The predicted octanol–water partition coefficient (Wildman–Crippen LogP) is 3.46. The molecule has 5 nitrogen and oxygen atoms in total. The van der Waals surface area contributed by atoms with E-state index in [1.807, 2.05) is 20.8 Å². The van der Waals surface area contributed by atoms with Gasteiger partial charge in [-0.25, -0.2) is 12.8 Å². The lowest BCUT2D eigenvalue weighted by Gasteiger charge is -2.21. The van der Waals surface area contributed by atoms with Crippen LogP contribution in [0.4, 0.5) is 10.1 Å². The zero-order chi connectivity index (χ0) is 18.8. The molecule has 0 heterocycles. The standard InChI is InChI=1S/C18H21FN2O3S/c1-12-11-13(9-10-15(12)19)25(23,24)21-16-8-6-5-7-14(16)17(22)20-18(2,3)4/h5-11,21H,1-4H3,(H,20,22). The number of anilines is 1. The van der Waals surface area contributed by atoms with Gasteiger partial charge in [0.15, 0.2) is 0 Å². The zero-order valence-corrected chi connectivity index (χ0v) is 15.4. The molecule has 0 spiro atoms. The van der Waals surface area contributed by atoms with Crippen molar-refractivity contribution >= 4 is 21.6 Å². The molecular weight excluding hydrogens is 343 g/mol. The first-order valence-corrected chi connectivity index (χ1v) is 9.18. The molecule has 0 aliphatic heterocycles. The number of hydrogen-bond donors (Lipinski definition) is 2. The average Bonchev–Trinajstić information content (AvgIpc) is 2.48. The summed E-state index contributed by atoms with van der Waals surface area (Å²) >= 11 is 0. The number of sulfonamides is 1. The highest BCUT2D eigenvalue weighted by molar-refractivity contribution is 7.92. The lowest BCUT2D eigenvalue weighted by Crippen LogP contribution is -2.40. The van der Waals surface area contributed by atoms with Crippen LogP contribution in [0.5, 0.6) is 0 Å². The Labute approximate surface area is 147 Å². The number of aryl methyl sites for hydroxylation is 1. The van der Waals surface area contributed by atoms with Gasteiger partial charge in [0.05, 0.1) is 16.1 Å². The summed E-state index contributed by atoms with van der Waals surface area (Å²) in [5.41, 5.74) is 0.129. The number of benzene rings is 2. The van der Waals surface area contributed by atoms with Crippen LogP contribution < -0.4 is 10.0 Å². The topological polar surface area (TPSA) is 75.3 Å². The summed E-state index contributed by atoms with van der Waals surface area (Å²) in [5, 5.41) is 2.79. The van der Waals surface area contributed by atoms with Gasteiger partial charge >= 0.3 is 0 Å². The maximum absolute atomic E-state index is 13.4. The van der Waals surface area contributed by atoms with Crippen molar-refractivity contribution < 1.29 is 17.6 Å². The van der Waals surface area contributed by atoms with Gasteiger partial charge in [0.25, 0.3) is 15.9 Å². The molecule has 2 aromatic rings. The van der Waals surface area contributed by atoms with E-state index < -0.39 is 21.4 Å². The monoisotopic (exact) mass is 364 g/mol. The summed E-state index contributed by atoms with van der Waals surface area (Å²) in [6, 6.07) is 9.85. The maximum Gasteiger partial charge on any atom is 0.261 e. The molecule has 2 aromatic carbocycles. The molecule has 134 valence electrons. The highest BCUT2D eigenvalue weighted by atomic mass is 32.2. The number of amides is 1. The van der Waals surface area contributed by atoms with Crippen molar-refractivity contribution in [2.45, 2.75) is 38.1 Å². The molecule has 0 aliphatic rings. The van der Waals surface area contributed by atoms with Crippen LogP contribution in [0.25, 0.3) is 0 Å². The third kappa shape index (κ3) is 4.79. The number of carbonyl (C=O) groups is 1. The summed E-state index contributed by atoms with van der Waals surface area (Å²) in [5.74, 6) is -0.870. The lowest BCUT2D eigenvalue weighted by atomic mass is 10.1. The van der Waals surface area contributed by atoms with Crippen LogP contribution in [-0.4, -0.2) is 19.9 Å². The fourth-order valence-corrected chi connectivity index (χ4v) is 3.33. The van der Waals surface area contributed by atoms with Gasteiger partial charge in [-0.15, -0.1) is 0 Å². The van der Waals surface area contributed by atoms with E-state index in [4.69, 9.17) is 0 Å². The number of nitrogens with one attached hydrogen (secondary N) is 2. The second-order valence-electron chi connectivity index (χ2n) is 6.77. The Balaban J connectivity index is 2.37. The highest BCUT2D eigenvalue weighted by Gasteiger charge is 2.21. The molecule has 1 amide bonds. The van der Waals surface area contributed by atoms with Crippen LogP contribution in [0.15, 0.2) is 47.4 Å². The number of halogens is 1. The molecule has 0 aliphatic carbocycles. The van der Waals surface area contributed by atoms with Crippen molar-refractivity contribution in [3.8, 4) is 0 Å². The molecule has 0 fully saturated rings. The number of para-hydroxylation sites is 1. The van der Waals surface area contributed by atoms with E-state index in [-0.39, 0.29) is 27.6 Å². The minimum atomic E-state index is -3.95. The van der Waals surface area contributed by atoms with Gasteiger partial charge in [0.2, 0.25) is 0 Å². The minimum absolute atomic E-state index is 0.0718. The first-order chi connectivity index (χ1) is 11.5. The summed E-state index contributed by atoms with van der Waals surface area (Å²) < 4.78 is 40.9. The Bertz CT molecular complexity index is 903. The lowest BCUT2D eigenvalue weighted by molar-refractivity contribution is 0.0920. The van der Waals surface area contributed by atoms with Gasteiger partial charge in [0, 0.05) is 5.54 Å². The van der Waals surface area contributed by atoms with E-state index in [2.05, 4.69) is 10.0 Å². The average molecular weight is 364 g/mol. The zero-order valence-electron chi connectivity index (χ0n) is 14.6. The third-order valence-corrected chi connectivity index (χ3v) is 4.71. The Hall–Kier alpha value is -2.41. The first-order valence-electron chi connectivity index (χ1n) is 7.70. The number of rotatable bonds is 4. The molecule has 0 atom stereocenters. The quantitative estimate of drug-likeness (QED) is 0.872. The first kappa shape index (κ1) is 18.9. The van der Waals surface area contributed by atoms with E-state index in [1.165, 1.54) is 31.2 Å². The van der Waals surface area contributed by atoms with Crippen molar-refractivity contribution in [3.05, 3.63) is 59.4 Å². The summed E-state index contributed by atoms with van der Waals surface area (Å²) in [4.78, 5) is 12.3. The van der Waals surface area contributed by atoms with Gasteiger partial charge < -0.3 is 5.32 Å². The molecule has 0 aromatic heterocycles. The van der Waals surface area contributed by atoms with Crippen molar-refractivity contribution in [1.29, 1.82) is 0 Å². The molecule has 2 N–H and O–H groups in total. The van der Waals surface area contributed by atoms with E-state index in [1.54, 1.807) is 12.1 Å². The summed E-state index contributed by atoms with van der Waals surface area (Å²) in [7, 11) is -3.95. The van der Waals surface area contributed by atoms with Crippen LogP contribution in [0.1, 0.15) is 36.7 Å². The Morgan fingerprint density at radius 3 is 2.32 bits per heavy atom. The molecule has 7 heteroatoms. The molecular formula is C18H21FN2O3S. The summed E-state index contributed by atoms with van der Waals surface area (Å²) in [6.45, 7) is 6.98. The number of hydrogen-bond acceptors (Lipinski definition) is 3. The fraction of sp³-hybridized carbons (Fsp3) is 0.278. The summed E-state index contributed by atoms with van der Waals surface area (Å²) in [6.07, 6.45) is 0. The van der Waals surface area contributed by atoms with Gasteiger partial charge in [0.1, 0.15) is 5.82 Å². The molecule has 0 unspecified atom stereocenters. The second-order valence-corrected chi connectivity index (χ2v) is 8.45. The molecule has 0 saturated heterocycles. The van der Waals surface area contributed by atoms with E-state index >= 15 is 0 Å². The molecule has 0 radical (unpaired) electrons. The Morgan fingerprint density at radius 1 is 1.08 bits per heavy atom. The van der Waals surface area contributed by atoms with E-state index in [9.17, 15) is 17.6 Å². The molecule has 2 rings (SSSR count). The number of carbonyl (C=O) groups excluding carboxylic acids is 1. The van der Waals surface area contributed by atoms with Gasteiger partial charge in [-0.3, -0.25) is 9.52 Å². The smallest absolute Gasteiger partial charge is 0.261 e. The normalized spacial score (nSPS) is 11.9. The maximum atomic E-state index is 13.4. The third-order valence-electron chi connectivity index (χ3n) is 3.34.